The SMILES string of the molecule is COc1cc2c(Nc3ccc(Cl)c(Cl)c3)ncnc2cc1OCC1CCCCO1. The molecule has 8 heteroatoms. The van der Waals surface area contributed by atoms with Crippen molar-refractivity contribution < 1.29 is 14.2 Å². The summed E-state index contributed by atoms with van der Waals surface area (Å²) < 4.78 is 17.3. The Morgan fingerprint density at radius 1 is 1.10 bits per heavy atom. The molecule has 1 aliphatic heterocycles. The molecular weight excluding hydrogens is 413 g/mol. The van der Waals surface area contributed by atoms with Gasteiger partial charge in [-0.2, -0.15) is 0 Å². The Bertz CT molecular complexity index is 1010. The van der Waals surface area contributed by atoms with Crippen LogP contribution in [0.25, 0.3) is 10.9 Å². The van der Waals surface area contributed by atoms with Gasteiger partial charge in [0.1, 0.15) is 18.8 Å². The van der Waals surface area contributed by atoms with Crippen LogP contribution < -0.4 is 14.8 Å². The van der Waals surface area contributed by atoms with E-state index in [-0.39, 0.29) is 6.10 Å². The fraction of sp³-hybridized carbons (Fsp3) is 0.333. The number of aromatic nitrogens is 2. The summed E-state index contributed by atoms with van der Waals surface area (Å²) in [4.78, 5) is 8.75. The van der Waals surface area contributed by atoms with Crippen molar-refractivity contribution >= 4 is 45.6 Å². The van der Waals surface area contributed by atoms with Crippen molar-refractivity contribution in [3.05, 3.63) is 46.7 Å². The van der Waals surface area contributed by atoms with Gasteiger partial charge in [-0.15, -0.1) is 0 Å². The number of fused-ring (bicyclic) bond motifs is 1. The summed E-state index contributed by atoms with van der Waals surface area (Å²) >= 11 is 12.1. The summed E-state index contributed by atoms with van der Waals surface area (Å²) in [6, 6.07) is 9.04. The first-order valence-electron chi connectivity index (χ1n) is 9.43. The van der Waals surface area contributed by atoms with Crippen molar-refractivity contribution in [1.29, 1.82) is 0 Å². The lowest BCUT2D eigenvalue weighted by molar-refractivity contribution is -0.0114. The van der Waals surface area contributed by atoms with Gasteiger partial charge in [0.25, 0.3) is 0 Å². The van der Waals surface area contributed by atoms with Crippen LogP contribution in [0, 0.1) is 0 Å². The molecule has 0 amide bonds. The quantitative estimate of drug-likeness (QED) is 0.542. The van der Waals surface area contributed by atoms with Crippen LogP contribution in [0.2, 0.25) is 10.0 Å². The van der Waals surface area contributed by atoms with E-state index in [1.807, 2.05) is 18.2 Å². The average Bonchev–Trinajstić information content (AvgIpc) is 2.75. The van der Waals surface area contributed by atoms with Crippen LogP contribution in [0.4, 0.5) is 11.5 Å². The van der Waals surface area contributed by atoms with Crippen molar-refractivity contribution in [1.82, 2.24) is 9.97 Å². The smallest absolute Gasteiger partial charge is 0.163 e. The summed E-state index contributed by atoms with van der Waals surface area (Å²) in [7, 11) is 1.61. The van der Waals surface area contributed by atoms with Crippen LogP contribution in [-0.2, 0) is 4.74 Å². The monoisotopic (exact) mass is 433 g/mol. The van der Waals surface area contributed by atoms with Gasteiger partial charge in [0.15, 0.2) is 11.5 Å². The molecule has 2 heterocycles. The lowest BCUT2D eigenvalue weighted by Gasteiger charge is -2.23. The van der Waals surface area contributed by atoms with Crippen molar-refractivity contribution in [2.75, 3.05) is 25.6 Å². The maximum Gasteiger partial charge on any atom is 0.163 e. The number of nitrogens with zero attached hydrogens (tertiary/aromatic N) is 2. The third kappa shape index (κ3) is 4.66. The molecule has 0 bridgehead atoms. The molecule has 1 aliphatic rings. The standard InChI is InChI=1S/C21H21Cl2N3O3/c1-27-19-9-15-18(10-20(19)29-11-14-4-2-3-7-28-14)24-12-25-21(15)26-13-5-6-16(22)17(23)8-13/h5-6,8-10,12,14H,2-4,7,11H2,1H3,(H,24,25,26). The van der Waals surface area contributed by atoms with Crippen LogP contribution >= 0.6 is 23.2 Å². The molecule has 1 N–H and O–H groups in total. The minimum atomic E-state index is 0.112. The van der Waals surface area contributed by atoms with Gasteiger partial charge >= 0.3 is 0 Å². The van der Waals surface area contributed by atoms with Gasteiger partial charge in [0.2, 0.25) is 0 Å². The van der Waals surface area contributed by atoms with Crippen LogP contribution in [0.5, 0.6) is 11.5 Å². The molecule has 152 valence electrons. The molecule has 0 aliphatic carbocycles. The maximum absolute atomic E-state index is 6.11. The Kier molecular flexibility index (Phi) is 6.23. The number of hydrogen-bond acceptors (Lipinski definition) is 6. The van der Waals surface area contributed by atoms with Gasteiger partial charge < -0.3 is 19.5 Å². The van der Waals surface area contributed by atoms with E-state index in [9.17, 15) is 0 Å². The molecule has 6 nitrogen and oxygen atoms in total. The van der Waals surface area contributed by atoms with Crippen molar-refractivity contribution in [3.63, 3.8) is 0 Å². The van der Waals surface area contributed by atoms with Crippen molar-refractivity contribution in [3.8, 4) is 11.5 Å². The highest BCUT2D eigenvalue weighted by atomic mass is 35.5. The van der Waals surface area contributed by atoms with E-state index >= 15 is 0 Å². The van der Waals surface area contributed by atoms with Gasteiger partial charge in [-0.1, -0.05) is 23.2 Å². The first kappa shape index (κ1) is 20.0. The minimum Gasteiger partial charge on any atom is -0.493 e. The molecule has 0 spiro atoms. The van der Waals surface area contributed by atoms with E-state index in [2.05, 4.69) is 15.3 Å². The van der Waals surface area contributed by atoms with E-state index in [0.29, 0.717) is 34.0 Å². The Labute approximate surface area is 179 Å². The normalized spacial score (nSPS) is 16.6. The van der Waals surface area contributed by atoms with E-state index in [4.69, 9.17) is 37.4 Å². The van der Waals surface area contributed by atoms with Crippen molar-refractivity contribution in [2.45, 2.75) is 25.4 Å². The number of nitrogens with one attached hydrogen (secondary N) is 1. The van der Waals surface area contributed by atoms with Crippen LogP contribution in [0.1, 0.15) is 19.3 Å². The number of hydrogen-bond donors (Lipinski definition) is 1. The summed E-state index contributed by atoms with van der Waals surface area (Å²) in [6.07, 6.45) is 4.90. The van der Waals surface area contributed by atoms with Crippen LogP contribution in [0.15, 0.2) is 36.7 Å². The molecule has 1 atom stereocenters. The summed E-state index contributed by atoms with van der Waals surface area (Å²) in [5.41, 5.74) is 1.51. The fourth-order valence-corrected chi connectivity index (χ4v) is 3.57. The van der Waals surface area contributed by atoms with Gasteiger partial charge in [-0.3, -0.25) is 0 Å². The minimum absolute atomic E-state index is 0.112. The number of anilines is 2. The van der Waals surface area contributed by atoms with E-state index in [0.717, 1.165) is 36.0 Å². The second-order valence-electron chi connectivity index (χ2n) is 6.80. The molecular formula is C21H21Cl2N3O3. The Morgan fingerprint density at radius 2 is 2.00 bits per heavy atom. The molecule has 1 aromatic heterocycles. The Hall–Kier alpha value is -2.28. The number of rotatable bonds is 6. The molecule has 1 unspecified atom stereocenters. The zero-order valence-electron chi connectivity index (χ0n) is 16.0. The average molecular weight is 434 g/mol. The van der Waals surface area contributed by atoms with E-state index < -0.39 is 0 Å². The summed E-state index contributed by atoms with van der Waals surface area (Å²) in [6.45, 7) is 1.28. The van der Waals surface area contributed by atoms with Gasteiger partial charge in [0, 0.05) is 23.7 Å². The van der Waals surface area contributed by atoms with Gasteiger partial charge in [0.05, 0.1) is 28.8 Å². The van der Waals surface area contributed by atoms with Gasteiger partial charge in [-0.25, -0.2) is 9.97 Å². The summed E-state index contributed by atoms with van der Waals surface area (Å²) in [5, 5.41) is 5.02. The molecule has 0 radical (unpaired) electrons. The Morgan fingerprint density at radius 3 is 2.76 bits per heavy atom. The zero-order chi connectivity index (χ0) is 20.2. The first-order chi connectivity index (χ1) is 14.1. The van der Waals surface area contributed by atoms with E-state index in [1.54, 1.807) is 19.2 Å². The fourth-order valence-electron chi connectivity index (χ4n) is 3.27. The highest BCUT2D eigenvalue weighted by Gasteiger charge is 2.17. The predicted molar refractivity (Wildman–Crippen MR) is 115 cm³/mol. The topological polar surface area (TPSA) is 65.5 Å². The van der Waals surface area contributed by atoms with Gasteiger partial charge in [-0.05, 0) is 43.5 Å². The zero-order valence-corrected chi connectivity index (χ0v) is 17.5. The largest absolute Gasteiger partial charge is 0.493 e. The molecule has 2 aromatic carbocycles. The molecule has 1 fully saturated rings. The number of methoxy groups -OCH3 is 1. The molecule has 3 aromatic rings. The Balaban J connectivity index is 1.61. The van der Waals surface area contributed by atoms with Crippen LogP contribution in [-0.4, -0.2) is 36.4 Å². The highest BCUT2D eigenvalue weighted by Crippen LogP contribution is 2.35. The predicted octanol–water partition coefficient (Wildman–Crippen LogP) is 5.64. The number of ether oxygens (including phenoxy) is 3. The number of halogens is 2. The molecule has 4 rings (SSSR count). The molecule has 1 saturated heterocycles. The second-order valence-corrected chi connectivity index (χ2v) is 7.61. The van der Waals surface area contributed by atoms with E-state index in [1.165, 1.54) is 12.7 Å². The number of benzene rings is 2. The molecule has 29 heavy (non-hydrogen) atoms. The maximum atomic E-state index is 6.11. The third-order valence-electron chi connectivity index (χ3n) is 4.80. The lowest BCUT2D eigenvalue weighted by Crippen LogP contribution is -2.25. The highest BCUT2D eigenvalue weighted by molar-refractivity contribution is 6.42. The third-order valence-corrected chi connectivity index (χ3v) is 5.54. The summed E-state index contributed by atoms with van der Waals surface area (Å²) in [5.74, 6) is 1.88. The van der Waals surface area contributed by atoms with Crippen LogP contribution in [0.3, 0.4) is 0 Å². The second kappa shape index (κ2) is 9.03. The first-order valence-corrected chi connectivity index (χ1v) is 10.2. The molecule has 0 saturated carbocycles. The van der Waals surface area contributed by atoms with Crippen molar-refractivity contribution in [2.24, 2.45) is 0 Å². The lowest BCUT2D eigenvalue weighted by atomic mass is 10.1.